The zero-order valence-electron chi connectivity index (χ0n) is 10.1. The standard InChI is InChI=1S/C12H15N3OS/c1-8-4-5-11(16-3)10(6-8)9(2)14-12-15-13-7-17-12/h4-7,9H,1-3H3,(H,14,15). The molecule has 0 saturated carbocycles. The summed E-state index contributed by atoms with van der Waals surface area (Å²) in [5.41, 5.74) is 4.05. The number of aryl methyl sites for hydroxylation is 1. The van der Waals surface area contributed by atoms with Gasteiger partial charge in [0.05, 0.1) is 13.2 Å². The first-order chi connectivity index (χ1) is 8.20. The van der Waals surface area contributed by atoms with Crippen molar-refractivity contribution in [3.05, 3.63) is 34.8 Å². The fourth-order valence-corrected chi connectivity index (χ4v) is 2.22. The molecule has 0 aliphatic carbocycles. The van der Waals surface area contributed by atoms with Crippen molar-refractivity contribution in [3.63, 3.8) is 0 Å². The first kappa shape index (κ1) is 11.9. The second kappa shape index (κ2) is 5.14. The molecular formula is C12H15N3OS. The van der Waals surface area contributed by atoms with Gasteiger partial charge in [-0.25, -0.2) is 0 Å². The quantitative estimate of drug-likeness (QED) is 0.904. The van der Waals surface area contributed by atoms with Crippen LogP contribution in [0.3, 0.4) is 0 Å². The van der Waals surface area contributed by atoms with Crippen molar-refractivity contribution in [1.29, 1.82) is 0 Å². The molecule has 0 saturated heterocycles. The third-order valence-corrected chi connectivity index (χ3v) is 3.17. The summed E-state index contributed by atoms with van der Waals surface area (Å²) in [5, 5.41) is 11.9. The van der Waals surface area contributed by atoms with Gasteiger partial charge in [-0.3, -0.25) is 0 Å². The number of hydrogen-bond donors (Lipinski definition) is 1. The number of hydrogen-bond acceptors (Lipinski definition) is 5. The largest absolute Gasteiger partial charge is 0.496 e. The Bertz CT molecular complexity index is 485. The van der Waals surface area contributed by atoms with Crippen LogP contribution in [0.15, 0.2) is 23.7 Å². The number of nitrogens with zero attached hydrogens (tertiary/aromatic N) is 2. The number of ether oxygens (including phenoxy) is 1. The average molecular weight is 249 g/mol. The summed E-state index contributed by atoms with van der Waals surface area (Å²) >= 11 is 1.49. The van der Waals surface area contributed by atoms with Gasteiger partial charge in [-0.2, -0.15) is 0 Å². The summed E-state index contributed by atoms with van der Waals surface area (Å²) in [6, 6.07) is 6.29. The lowest BCUT2D eigenvalue weighted by Gasteiger charge is -2.17. The number of benzene rings is 1. The molecule has 1 aromatic heterocycles. The van der Waals surface area contributed by atoms with Gasteiger partial charge in [0.25, 0.3) is 0 Å². The zero-order chi connectivity index (χ0) is 12.3. The number of methoxy groups -OCH3 is 1. The number of nitrogens with one attached hydrogen (secondary N) is 1. The molecule has 1 unspecified atom stereocenters. The van der Waals surface area contributed by atoms with Crippen molar-refractivity contribution in [2.75, 3.05) is 12.4 Å². The predicted octanol–water partition coefficient (Wildman–Crippen LogP) is 3.03. The minimum absolute atomic E-state index is 0.137. The van der Waals surface area contributed by atoms with Gasteiger partial charge in [-0.1, -0.05) is 29.0 Å². The smallest absolute Gasteiger partial charge is 0.205 e. The van der Waals surface area contributed by atoms with Crippen molar-refractivity contribution in [3.8, 4) is 5.75 Å². The maximum absolute atomic E-state index is 5.37. The van der Waals surface area contributed by atoms with Crippen molar-refractivity contribution in [1.82, 2.24) is 10.2 Å². The van der Waals surface area contributed by atoms with Gasteiger partial charge in [0.2, 0.25) is 5.13 Å². The van der Waals surface area contributed by atoms with Crippen LogP contribution in [0.2, 0.25) is 0 Å². The Morgan fingerprint density at radius 3 is 2.88 bits per heavy atom. The van der Waals surface area contributed by atoms with E-state index >= 15 is 0 Å². The summed E-state index contributed by atoms with van der Waals surface area (Å²) in [6.45, 7) is 4.15. The lowest BCUT2D eigenvalue weighted by molar-refractivity contribution is 0.408. The van der Waals surface area contributed by atoms with E-state index in [4.69, 9.17) is 4.74 Å². The van der Waals surface area contributed by atoms with Gasteiger partial charge in [0.15, 0.2) is 0 Å². The van der Waals surface area contributed by atoms with Crippen LogP contribution in [-0.4, -0.2) is 17.3 Å². The van der Waals surface area contributed by atoms with Crippen LogP contribution in [0.25, 0.3) is 0 Å². The van der Waals surface area contributed by atoms with Gasteiger partial charge in [-0.05, 0) is 19.9 Å². The van der Waals surface area contributed by atoms with E-state index in [1.54, 1.807) is 12.6 Å². The minimum atomic E-state index is 0.137. The van der Waals surface area contributed by atoms with Crippen LogP contribution >= 0.6 is 11.3 Å². The average Bonchev–Trinajstić information content (AvgIpc) is 2.81. The van der Waals surface area contributed by atoms with E-state index in [9.17, 15) is 0 Å². The zero-order valence-corrected chi connectivity index (χ0v) is 10.9. The maximum atomic E-state index is 5.37. The Hall–Kier alpha value is -1.62. The molecule has 17 heavy (non-hydrogen) atoms. The molecule has 1 heterocycles. The van der Waals surface area contributed by atoms with Gasteiger partial charge >= 0.3 is 0 Å². The fourth-order valence-electron chi connectivity index (χ4n) is 1.69. The molecule has 0 radical (unpaired) electrons. The lowest BCUT2D eigenvalue weighted by Crippen LogP contribution is -2.08. The second-order valence-electron chi connectivity index (χ2n) is 3.86. The van der Waals surface area contributed by atoms with Gasteiger partial charge in [0.1, 0.15) is 11.3 Å². The summed E-state index contributed by atoms with van der Waals surface area (Å²) < 4.78 is 5.37. The van der Waals surface area contributed by atoms with Crippen LogP contribution in [0.5, 0.6) is 5.75 Å². The first-order valence-electron chi connectivity index (χ1n) is 5.38. The molecule has 1 N–H and O–H groups in total. The van der Waals surface area contributed by atoms with Crippen molar-refractivity contribution in [2.24, 2.45) is 0 Å². The molecule has 0 aliphatic heterocycles. The van der Waals surface area contributed by atoms with E-state index in [-0.39, 0.29) is 6.04 Å². The molecule has 0 bridgehead atoms. The molecule has 0 aliphatic rings. The molecule has 5 heteroatoms. The van der Waals surface area contributed by atoms with E-state index in [0.29, 0.717) is 0 Å². The third kappa shape index (κ3) is 2.74. The Morgan fingerprint density at radius 1 is 1.41 bits per heavy atom. The van der Waals surface area contributed by atoms with E-state index < -0.39 is 0 Å². The highest BCUT2D eigenvalue weighted by atomic mass is 32.1. The fraction of sp³-hybridized carbons (Fsp3) is 0.333. The molecule has 1 aromatic carbocycles. The summed E-state index contributed by atoms with van der Waals surface area (Å²) in [7, 11) is 1.69. The molecule has 0 amide bonds. The van der Waals surface area contributed by atoms with Crippen molar-refractivity contribution < 1.29 is 4.74 Å². The van der Waals surface area contributed by atoms with Gasteiger partial charge < -0.3 is 10.1 Å². The summed E-state index contributed by atoms with van der Waals surface area (Å²) in [4.78, 5) is 0. The summed E-state index contributed by atoms with van der Waals surface area (Å²) in [5.74, 6) is 0.889. The Balaban J connectivity index is 2.23. The van der Waals surface area contributed by atoms with Crippen LogP contribution in [0.4, 0.5) is 5.13 Å². The van der Waals surface area contributed by atoms with E-state index in [2.05, 4.69) is 35.4 Å². The normalized spacial score (nSPS) is 12.2. The summed E-state index contributed by atoms with van der Waals surface area (Å²) in [6.07, 6.45) is 0. The minimum Gasteiger partial charge on any atom is -0.496 e. The maximum Gasteiger partial charge on any atom is 0.205 e. The molecule has 0 fully saturated rings. The van der Waals surface area contributed by atoms with Crippen molar-refractivity contribution >= 4 is 16.5 Å². The molecule has 4 nitrogen and oxygen atoms in total. The molecule has 0 spiro atoms. The van der Waals surface area contributed by atoms with Crippen LogP contribution < -0.4 is 10.1 Å². The van der Waals surface area contributed by atoms with E-state index in [0.717, 1.165) is 16.4 Å². The SMILES string of the molecule is COc1ccc(C)cc1C(C)Nc1nncs1. The highest BCUT2D eigenvalue weighted by molar-refractivity contribution is 7.13. The molecular weight excluding hydrogens is 234 g/mol. The second-order valence-corrected chi connectivity index (χ2v) is 4.69. The van der Waals surface area contributed by atoms with Gasteiger partial charge in [0, 0.05) is 5.56 Å². The molecule has 2 aromatic rings. The highest BCUT2D eigenvalue weighted by Crippen LogP contribution is 2.28. The molecule has 1 atom stereocenters. The predicted molar refractivity (Wildman–Crippen MR) is 69.7 cm³/mol. The van der Waals surface area contributed by atoms with Gasteiger partial charge in [-0.15, -0.1) is 10.2 Å². The lowest BCUT2D eigenvalue weighted by atomic mass is 10.0. The van der Waals surface area contributed by atoms with Crippen LogP contribution in [0, 0.1) is 6.92 Å². The number of anilines is 1. The van der Waals surface area contributed by atoms with Crippen LogP contribution in [0.1, 0.15) is 24.1 Å². The van der Waals surface area contributed by atoms with Crippen molar-refractivity contribution in [2.45, 2.75) is 19.9 Å². The Morgan fingerprint density at radius 2 is 2.24 bits per heavy atom. The first-order valence-corrected chi connectivity index (χ1v) is 6.26. The van der Waals surface area contributed by atoms with E-state index in [1.807, 2.05) is 12.1 Å². The topological polar surface area (TPSA) is 47.0 Å². The monoisotopic (exact) mass is 249 g/mol. The molecule has 2 rings (SSSR count). The molecule has 90 valence electrons. The highest BCUT2D eigenvalue weighted by Gasteiger charge is 2.12. The number of rotatable bonds is 4. The van der Waals surface area contributed by atoms with Crippen LogP contribution in [-0.2, 0) is 0 Å². The van der Waals surface area contributed by atoms with E-state index in [1.165, 1.54) is 16.9 Å². The third-order valence-electron chi connectivity index (χ3n) is 2.55. The Labute approximate surface area is 105 Å². The number of aromatic nitrogens is 2. The Kier molecular flexibility index (Phi) is 3.58.